The molecule has 0 rings (SSSR count). The minimum atomic E-state index is 0.355. The Bertz CT molecular complexity index is 355. The summed E-state index contributed by atoms with van der Waals surface area (Å²) in [6, 6.07) is 2.40. The van der Waals surface area contributed by atoms with Crippen molar-refractivity contribution in [1.29, 1.82) is 0 Å². The summed E-state index contributed by atoms with van der Waals surface area (Å²) in [5.74, 6) is 0. The van der Waals surface area contributed by atoms with E-state index in [2.05, 4.69) is 127 Å². The lowest BCUT2D eigenvalue weighted by atomic mass is 9.88. The monoisotopic (exact) mass is 415 g/mol. The van der Waals surface area contributed by atoms with E-state index in [-0.39, 0.29) is 0 Å². The minimum absolute atomic E-state index is 0.355. The number of hydrogen-bond acceptors (Lipinski definition) is 3. The Kier molecular flexibility index (Phi) is 18.1. The minimum Gasteiger partial charge on any atom is -0.314 e. The summed E-state index contributed by atoms with van der Waals surface area (Å²) in [5.41, 5.74) is 1.16. The van der Waals surface area contributed by atoms with Crippen molar-refractivity contribution in [2.24, 2.45) is 10.8 Å². The molecule has 0 bridgehead atoms. The molecular formula is C26H61N3. The molecule has 29 heavy (non-hydrogen) atoms. The molecule has 0 unspecified atom stereocenters. The van der Waals surface area contributed by atoms with Crippen molar-refractivity contribution in [1.82, 2.24) is 16.0 Å². The maximum Gasteiger partial charge on any atom is 0.0150 e. The third-order valence-corrected chi connectivity index (χ3v) is 5.12. The molecule has 0 radical (unpaired) electrons. The lowest BCUT2D eigenvalue weighted by molar-refractivity contribution is 0.272. The molecule has 0 saturated heterocycles. The summed E-state index contributed by atoms with van der Waals surface area (Å²) in [6.45, 7) is 36.7. The van der Waals surface area contributed by atoms with Gasteiger partial charge in [0.2, 0.25) is 0 Å². The lowest BCUT2D eigenvalue weighted by Crippen LogP contribution is -2.44. The Hall–Kier alpha value is -0.120. The van der Waals surface area contributed by atoms with Gasteiger partial charge in [0, 0.05) is 36.3 Å². The number of rotatable bonds is 8. The standard InChI is InChI=1S/2C9H21N.C8H19N/c1-7(2)10-8(3)9(4,5)6;1-6-9(5,7-2)10-8(3)4;1-7(2)9-6-8(3,4)5/h7-8,10H,1-6H3;8,10H,6-7H2,1-5H3;7,9H,6H2,1-5H3/t8-;;/m1../s1. The summed E-state index contributed by atoms with van der Waals surface area (Å²) < 4.78 is 0. The molecule has 0 heterocycles. The maximum absolute atomic E-state index is 3.56. The van der Waals surface area contributed by atoms with E-state index in [4.69, 9.17) is 0 Å². The molecule has 0 fully saturated rings. The summed E-state index contributed by atoms with van der Waals surface area (Å²) in [4.78, 5) is 0. The molecule has 0 spiro atoms. The molecule has 3 N–H and O–H groups in total. The molecule has 3 heteroatoms. The van der Waals surface area contributed by atoms with Crippen LogP contribution in [-0.2, 0) is 0 Å². The van der Waals surface area contributed by atoms with Gasteiger partial charge in [0.1, 0.15) is 0 Å². The zero-order chi connectivity index (χ0) is 24.1. The smallest absolute Gasteiger partial charge is 0.0150 e. The van der Waals surface area contributed by atoms with Gasteiger partial charge in [-0.1, -0.05) is 96.9 Å². The van der Waals surface area contributed by atoms with Gasteiger partial charge >= 0.3 is 0 Å². The summed E-state index contributed by atoms with van der Waals surface area (Å²) in [6.07, 6.45) is 2.42. The van der Waals surface area contributed by atoms with Crippen LogP contribution in [0.1, 0.15) is 124 Å². The van der Waals surface area contributed by atoms with Crippen LogP contribution in [0.25, 0.3) is 0 Å². The van der Waals surface area contributed by atoms with Crippen molar-refractivity contribution in [3.63, 3.8) is 0 Å². The van der Waals surface area contributed by atoms with Crippen molar-refractivity contribution in [2.45, 2.75) is 153 Å². The first-order chi connectivity index (χ1) is 12.8. The first kappa shape index (κ1) is 33.5. The molecule has 1 atom stereocenters. The quantitative estimate of drug-likeness (QED) is 0.399. The van der Waals surface area contributed by atoms with Gasteiger partial charge < -0.3 is 16.0 Å². The highest BCUT2D eigenvalue weighted by atomic mass is 15.0. The molecule has 3 nitrogen and oxygen atoms in total. The highest BCUT2D eigenvalue weighted by Crippen LogP contribution is 2.18. The zero-order valence-corrected chi connectivity index (χ0v) is 23.4. The molecule has 180 valence electrons. The molecule has 0 aliphatic carbocycles. The zero-order valence-electron chi connectivity index (χ0n) is 23.4. The molecule has 0 aliphatic heterocycles. The number of nitrogens with one attached hydrogen (secondary N) is 3. The Balaban J connectivity index is -0.000000350. The Morgan fingerprint density at radius 3 is 1.14 bits per heavy atom. The molecular weight excluding hydrogens is 354 g/mol. The fourth-order valence-corrected chi connectivity index (χ4v) is 2.41. The van der Waals surface area contributed by atoms with Gasteiger partial charge in [-0.25, -0.2) is 0 Å². The van der Waals surface area contributed by atoms with Crippen LogP contribution in [0.4, 0.5) is 0 Å². The van der Waals surface area contributed by atoms with Crippen molar-refractivity contribution in [3.8, 4) is 0 Å². The second kappa shape index (κ2) is 15.6. The van der Waals surface area contributed by atoms with E-state index in [1.807, 2.05) is 0 Å². The van der Waals surface area contributed by atoms with Crippen LogP contribution in [0, 0.1) is 10.8 Å². The lowest BCUT2D eigenvalue weighted by Gasteiger charge is -2.30. The first-order valence-corrected chi connectivity index (χ1v) is 12.1. The van der Waals surface area contributed by atoms with Crippen LogP contribution in [0.15, 0.2) is 0 Å². The summed E-state index contributed by atoms with van der Waals surface area (Å²) in [7, 11) is 0. The second-order valence-electron chi connectivity index (χ2n) is 12.1. The summed E-state index contributed by atoms with van der Waals surface area (Å²) >= 11 is 0. The summed E-state index contributed by atoms with van der Waals surface area (Å²) in [5, 5.41) is 10.4. The van der Waals surface area contributed by atoms with Gasteiger partial charge in [-0.3, -0.25) is 0 Å². The van der Waals surface area contributed by atoms with Gasteiger partial charge in [-0.2, -0.15) is 0 Å². The molecule has 0 aromatic heterocycles. The molecule has 0 aromatic carbocycles. The van der Waals surface area contributed by atoms with E-state index in [1.54, 1.807) is 0 Å². The Morgan fingerprint density at radius 1 is 0.621 bits per heavy atom. The topological polar surface area (TPSA) is 36.1 Å². The van der Waals surface area contributed by atoms with Gasteiger partial charge in [-0.15, -0.1) is 0 Å². The average Bonchev–Trinajstić information content (AvgIpc) is 2.51. The average molecular weight is 416 g/mol. The van der Waals surface area contributed by atoms with Gasteiger partial charge in [0.15, 0.2) is 0 Å². The van der Waals surface area contributed by atoms with Crippen molar-refractivity contribution in [2.75, 3.05) is 6.54 Å². The Labute approximate surface area is 187 Å². The normalized spacial score (nSPS) is 13.8. The SMILES string of the molecule is CC(C)NCC(C)(C)C.CC(C)N[C@H](C)C(C)(C)C.CCC(C)(CC)NC(C)C. The van der Waals surface area contributed by atoms with E-state index < -0.39 is 0 Å². The molecule has 0 aromatic rings. The third-order valence-electron chi connectivity index (χ3n) is 5.12. The van der Waals surface area contributed by atoms with Gasteiger partial charge in [0.05, 0.1) is 0 Å². The molecule has 0 amide bonds. The van der Waals surface area contributed by atoms with E-state index in [9.17, 15) is 0 Å². The van der Waals surface area contributed by atoms with Crippen LogP contribution in [-0.4, -0.2) is 36.3 Å². The highest BCUT2D eigenvalue weighted by Gasteiger charge is 2.20. The van der Waals surface area contributed by atoms with E-state index in [0.29, 0.717) is 40.5 Å². The first-order valence-electron chi connectivity index (χ1n) is 12.1. The van der Waals surface area contributed by atoms with Crippen LogP contribution >= 0.6 is 0 Å². The van der Waals surface area contributed by atoms with Crippen LogP contribution in [0.3, 0.4) is 0 Å². The largest absolute Gasteiger partial charge is 0.314 e. The fourth-order valence-electron chi connectivity index (χ4n) is 2.41. The van der Waals surface area contributed by atoms with Crippen molar-refractivity contribution >= 4 is 0 Å². The highest BCUT2D eigenvalue weighted by molar-refractivity contribution is 4.81. The third kappa shape index (κ3) is 25.8. The van der Waals surface area contributed by atoms with Crippen molar-refractivity contribution < 1.29 is 0 Å². The van der Waals surface area contributed by atoms with Crippen LogP contribution in [0.2, 0.25) is 0 Å². The molecule has 0 aliphatic rings. The van der Waals surface area contributed by atoms with E-state index in [1.165, 1.54) is 12.8 Å². The second-order valence-corrected chi connectivity index (χ2v) is 12.1. The maximum atomic E-state index is 3.56. The van der Waals surface area contributed by atoms with Gasteiger partial charge in [0.25, 0.3) is 0 Å². The Morgan fingerprint density at radius 2 is 1.03 bits per heavy atom. The molecule has 0 saturated carbocycles. The predicted octanol–water partition coefficient (Wildman–Crippen LogP) is 7.01. The van der Waals surface area contributed by atoms with Gasteiger partial charge in [-0.05, 0) is 37.5 Å². The van der Waals surface area contributed by atoms with Crippen LogP contribution in [0.5, 0.6) is 0 Å². The number of hydrogen-bond donors (Lipinski definition) is 3. The van der Waals surface area contributed by atoms with E-state index in [0.717, 1.165) is 6.54 Å². The predicted molar refractivity (Wildman–Crippen MR) is 137 cm³/mol. The fraction of sp³-hybridized carbons (Fsp3) is 1.00. The van der Waals surface area contributed by atoms with Crippen molar-refractivity contribution in [3.05, 3.63) is 0 Å². The van der Waals surface area contributed by atoms with Crippen LogP contribution < -0.4 is 16.0 Å². The van der Waals surface area contributed by atoms with E-state index >= 15 is 0 Å².